The van der Waals surface area contributed by atoms with E-state index in [1.54, 1.807) is 13.0 Å². The van der Waals surface area contributed by atoms with Crippen molar-refractivity contribution in [1.29, 1.82) is 0 Å². The van der Waals surface area contributed by atoms with E-state index in [1.165, 1.54) is 0 Å². The molecule has 1 aliphatic heterocycles. The Hall–Kier alpha value is -2.86. The van der Waals surface area contributed by atoms with E-state index < -0.39 is 5.54 Å². The number of rotatable bonds is 2. The first-order chi connectivity index (χ1) is 11.0. The van der Waals surface area contributed by atoms with Crippen LogP contribution in [0.3, 0.4) is 0 Å². The number of aliphatic hydroxyl groups is 1. The van der Waals surface area contributed by atoms with E-state index in [-0.39, 0.29) is 12.5 Å². The van der Waals surface area contributed by atoms with Gasteiger partial charge < -0.3 is 21.1 Å². The van der Waals surface area contributed by atoms with Crippen molar-refractivity contribution in [3.05, 3.63) is 47.8 Å². The highest BCUT2D eigenvalue weighted by atomic mass is 16.3. The number of pyridine rings is 1. The summed E-state index contributed by atoms with van der Waals surface area (Å²) in [7, 11) is 0. The number of carbonyl (C=O) groups is 1. The molecule has 5 N–H and O–H groups in total. The zero-order valence-electron chi connectivity index (χ0n) is 12.6. The fourth-order valence-corrected chi connectivity index (χ4v) is 3.09. The average Bonchev–Trinajstić information content (AvgIpc) is 3.09. The van der Waals surface area contributed by atoms with Crippen molar-refractivity contribution in [3.63, 3.8) is 0 Å². The standard InChI is InChI=1S/C17H16N4O2/c1-17(8-22)15-10(16(23)21-17)5-6-13(20-15)11-7-19-14-9(11)3-2-4-12(14)18/h2-7,19,22H,8,18H2,1H3,(H,21,23). The van der Waals surface area contributed by atoms with Gasteiger partial charge in [0.05, 0.1) is 34.8 Å². The molecular formula is C17H16N4O2. The fourth-order valence-electron chi connectivity index (χ4n) is 3.09. The molecule has 1 aliphatic rings. The molecule has 116 valence electrons. The molecule has 2 aromatic heterocycles. The van der Waals surface area contributed by atoms with Crippen LogP contribution in [0.15, 0.2) is 36.5 Å². The lowest BCUT2D eigenvalue weighted by atomic mass is 9.98. The number of aromatic nitrogens is 2. The molecule has 23 heavy (non-hydrogen) atoms. The minimum Gasteiger partial charge on any atom is -0.397 e. The van der Waals surface area contributed by atoms with Crippen LogP contribution >= 0.6 is 0 Å². The molecule has 1 amide bonds. The van der Waals surface area contributed by atoms with E-state index in [4.69, 9.17) is 5.73 Å². The van der Waals surface area contributed by atoms with Gasteiger partial charge in [-0.1, -0.05) is 12.1 Å². The third-order valence-electron chi connectivity index (χ3n) is 4.39. The SMILES string of the molecule is CC1(CO)NC(=O)c2ccc(-c3c[nH]c4c(N)cccc34)nc21. The number of amides is 1. The maximum atomic E-state index is 12.0. The minimum atomic E-state index is -0.854. The number of carbonyl (C=O) groups excluding carboxylic acids is 1. The second kappa shape index (κ2) is 4.57. The van der Waals surface area contributed by atoms with Crippen LogP contribution in [0.4, 0.5) is 5.69 Å². The van der Waals surface area contributed by atoms with Crippen molar-refractivity contribution in [2.75, 3.05) is 12.3 Å². The predicted molar refractivity (Wildman–Crippen MR) is 87.8 cm³/mol. The molecule has 3 heterocycles. The van der Waals surface area contributed by atoms with E-state index >= 15 is 0 Å². The summed E-state index contributed by atoms with van der Waals surface area (Å²) in [6.45, 7) is 1.56. The van der Waals surface area contributed by atoms with Crippen LogP contribution in [0, 0.1) is 0 Å². The van der Waals surface area contributed by atoms with Crippen molar-refractivity contribution in [1.82, 2.24) is 15.3 Å². The quantitative estimate of drug-likeness (QED) is 0.541. The first-order valence-electron chi connectivity index (χ1n) is 7.34. The number of nitrogen functional groups attached to an aromatic ring is 1. The third kappa shape index (κ3) is 1.85. The Morgan fingerprint density at radius 2 is 2.09 bits per heavy atom. The van der Waals surface area contributed by atoms with Crippen LogP contribution in [0.25, 0.3) is 22.2 Å². The maximum absolute atomic E-state index is 12.0. The number of benzene rings is 1. The van der Waals surface area contributed by atoms with Crippen LogP contribution in [-0.4, -0.2) is 27.6 Å². The van der Waals surface area contributed by atoms with Crippen molar-refractivity contribution in [2.24, 2.45) is 0 Å². The third-order valence-corrected chi connectivity index (χ3v) is 4.39. The molecule has 1 atom stereocenters. The highest BCUT2D eigenvalue weighted by Gasteiger charge is 2.40. The summed E-state index contributed by atoms with van der Waals surface area (Å²) >= 11 is 0. The molecule has 6 heteroatoms. The zero-order valence-corrected chi connectivity index (χ0v) is 12.6. The van der Waals surface area contributed by atoms with Gasteiger partial charge in [0.2, 0.25) is 0 Å². The summed E-state index contributed by atoms with van der Waals surface area (Å²) in [5, 5.41) is 13.4. The molecule has 0 aliphatic carbocycles. The lowest BCUT2D eigenvalue weighted by Gasteiger charge is -2.21. The molecule has 1 unspecified atom stereocenters. The molecule has 6 nitrogen and oxygen atoms in total. The normalized spacial score (nSPS) is 19.8. The summed E-state index contributed by atoms with van der Waals surface area (Å²) in [5.74, 6) is -0.209. The Morgan fingerprint density at radius 3 is 2.87 bits per heavy atom. The number of aliphatic hydroxyl groups excluding tert-OH is 1. The van der Waals surface area contributed by atoms with Gasteiger partial charge in [-0.05, 0) is 25.1 Å². The first-order valence-corrected chi connectivity index (χ1v) is 7.34. The molecule has 0 bridgehead atoms. The second-order valence-electron chi connectivity index (χ2n) is 6.01. The number of para-hydroxylation sites is 1. The van der Waals surface area contributed by atoms with Crippen molar-refractivity contribution >= 4 is 22.5 Å². The highest BCUT2D eigenvalue weighted by molar-refractivity contribution is 6.02. The molecule has 0 spiro atoms. The lowest BCUT2D eigenvalue weighted by molar-refractivity contribution is 0.0895. The van der Waals surface area contributed by atoms with Crippen LogP contribution in [0.5, 0.6) is 0 Å². The highest BCUT2D eigenvalue weighted by Crippen LogP contribution is 2.34. The van der Waals surface area contributed by atoms with Crippen molar-refractivity contribution < 1.29 is 9.90 Å². The Morgan fingerprint density at radius 1 is 1.26 bits per heavy atom. The number of nitrogens with one attached hydrogen (secondary N) is 2. The van der Waals surface area contributed by atoms with Gasteiger partial charge in [-0.25, -0.2) is 4.98 Å². The van der Waals surface area contributed by atoms with E-state index in [2.05, 4.69) is 15.3 Å². The number of hydrogen-bond donors (Lipinski definition) is 4. The maximum Gasteiger partial charge on any atom is 0.254 e. The predicted octanol–water partition coefficient (Wildman–Crippen LogP) is 1.76. The van der Waals surface area contributed by atoms with Gasteiger partial charge in [-0.15, -0.1) is 0 Å². The summed E-state index contributed by atoms with van der Waals surface area (Å²) in [6.07, 6.45) is 1.86. The number of H-pyrrole nitrogens is 1. The lowest BCUT2D eigenvalue weighted by Crippen LogP contribution is -2.40. The van der Waals surface area contributed by atoms with Gasteiger partial charge in [-0.2, -0.15) is 0 Å². The van der Waals surface area contributed by atoms with Gasteiger partial charge in [0.25, 0.3) is 5.91 Å². The molecule has 0 saturated carbocycles. The van der Waals surface area contributed by atoms with Crippen LogP contribution in [-0.2, 0) is 5.54 Å². The van der Waals surface area contributed by atoms with Gasteiger partial charge in [0.15, 0.2) is 0 Å². The molecule has 0 saturated heterocycles. The molecule has 1 aromatic carbocycles. The minimum absolute atomic E-state index is 0.205. The van der Waals surface area contributed by atoms with Crippen LogP contribution < -0.4 is 11.1 Å². The van der Waals surface area contributed by atoms with Gasteiger partial charge in [0.1, 0.15) is 5.54 Å². The number of fused-ring (bicyclic) bond motifs is 2. The summed E-state index contributed by atoms with van der Waals surface area (Å²) in [6, 6.07) is 9.27. The Bertz CT molecular complexity index is 947. The van der Waals surface area contributed by atoms with Crippen molar-refractivity contribution in [3.8, 4) is 11.3 Å². The van der Waals surface area contributed by atoms with E-state index in [0.717, 1.165) is 22.2 Å². The zero-order chi connectivity index (χ0) is 16.2. The second-order valence-corrected chi connectivity index (χ2v) is 6.01. The Labute approximate surface area is 132 Å². The summed E-state index contributed by atoms with van der Waals surface area (Å²) < 4.78 is 0. The van der Waals surface area contributed by atoms with E-state index in [1.807, 2.05) is 30.5 Å². The Kier molecular flexibility index (Phi) is 2.74. The summed E-state index contributed by atoms with van der Waals surface area (Å²) in [5.41, 5.74) is 9.38. The first kappa shape index (κ1) is 13.8. The molecule has 0 radical (unpaired) electrons. The number of hydrogen-bond acceptors (Lipinski definition) is 4. The van der Waals surface area contributed by atoms with Gasteiger partial charge in [-0.3, -0.25) is 4.79 Å². The monoisotopic (exact) mass is 308 g/mol. The topological polar surface area (TPSA) is 104 Å². The fraction of sp³-hybridized carbons (Fsp3) is 0.176. The number of aromatic amines is 1. The van der Waals surface area contributed by atoms with Crippen LogP contribution in [0.2, 0.25) is 0 Å². The van der Waals surface area contributed by atoms with E-state index in [0.29, 0.717) is 16.9 Å². The molecule has 3 aromatic rings. The van der Waals surface area contributed by atoms with E-state index in [9.17, 15) is 9.90 Å². The molecule has 4 rings (SSSR count). The van der Waals surface area contributed by atoms with Gasteiger partial charge in [0, 0.05) is 17.1 Å². The molecular weight excluding hydrogens is 292 g/mol. The Balaban J connectivity index is 1.93. The van der Waals surface area contributed by atoms with Gasteiger partial charge >= 0.3 is 0 Å². The number of nitrogens with two attached hydrogens (primary N) is 1. The number of nitrogens with zero attached hydrogens (tertiary/aromatic N) is 1. The van der Waals surface area contributed by atoms with Crippen LogP contribution in [0.1, 0.15) is 23.0 Å². The largest absolute Gasteiger partial charge is 0.397 e. The average molecular weight is 308 g/mol. The summed E-state index contributed by atoms with van der Waals surface area (Å²) in [4.78, 5) is 19.8. The number of anilines is 1. The molecule has 0 fully saturated rings. The van der Waals surface area contributed by atoms with Crippen molar-refractivity contribution in [2.45, 2.75) is 12.5 Å². The smallest absolute Gasteiger partial charge is 0.254 e.